The molecule has 2 aromatic rings. The van der Waals surface area contributed by atoms with Gasteiger partial charge < -0.3 is 15.1 Å². The zero-order valence-electron chi connectivity index (χ0n) is 19.3. The third-order valence-electron chi connectivity index (χ3n) is 6.46. The van der Waals surface area contributed by atoms with Crippen LogP contribution in [0, 0.1) is 11.7 Å². The third kappa shape index (κ3) is 5.58. The first-order chi connectivity index (χ1) is 16.3. The van der Waals surface area contributed by atoms with E-state index in [9.17, 15) is 22.4 Å². The van der Waals surface area contributed by atoms with Crippen molar-refractivity contribution < 1.29 is 22.4 Å². The van der Waals surface area contributed by atoms with E-state index in [1.807, 2.05) is 24.3 Å². The molecule has 0 aromatic heterocycles. The summed E-state index contributed by atoms with van der Waals surface area (Å²) in [6.07, 6.45) is 3.36. The highest BCUT2D eigenvalue weighted by atomic mass is 32.2. The molecular formula is C25H30FN3O4S. The Bertz CT molecular complexity index is 1150. The molecule has 0 radical (unpaired) electrons. The zero-order valence-corrected chi connectivity index (χ0v) is 20.1. The minimum atomic E-state index is -3.09. The fourth-order valence-electron chi connectivity index (χ4n) is 4.39. The molecule has 34 heavy (non-hydrogen) atoms. The molecule has 2 aliphatic heterocycles. The molecule has 0 unspecified atom stereocenters. The highest BCUT2D eigenvalue weighted by molar-refractivity contribution is 7.91. The molecule has 0 spiro atoms. The van der Waals surface area contributed by atoms with Gasteiger partial charge in [-0.05, 0) is 48.7 Å². The second-order valence-corrected chi connectivity index (χ2v) is 11.3. The molecule has 9 heteroatoms. The number of benzene rings is 2. The normalized spacial score (nSPS) is 19.9. The molecular weight excluding hydrogens is 457 g/mol. The number of carbonyl (C=O) groups excluding carboxylic acids is 2. The summed E-state index contributed by atoms with van der Waals surface area (Å²) in [4.78, 5) is 28.8. The number of unbranched alkanes of at least 4 members (excludes halogenated alkanes) is 1. The smallest absolute Gasteiger partial charge is 0.229 e. The van der Waals surface area contributed by atoms with E-state index in [2.05, 4.69) is 12.2 Å². The molecule has 2 amide bonds. The van der Waals surface area contributed by atoms with Crippen molar-refractivity contribution in [1.82, 2.24) is 0 Å². The summed E-state index contributed by atoms with van der Waals surface area (Å²) in [5.41, 5.74) is 2.69. The predicted octanol–water partition coefficient (Wildman–Crippen LogP) is 3.39. The maximum Gasteiger partial charge on any atom is 0.229 e. The second kappa shape index (κ2) is 10.1. The van der Waals surface area contributed by atoms with Gasteiger partial charge in [-0.25, -0.2) is 12.8 Å². The first-order valence-corrected chi connectivity index (χ1v) is 13.5. The van der Waals surface area contributed by atoms with Crippen LogP contribution in [-0.2, 0) is 25.8 Å². The van der Waals surface area contributed by atoms with Gasteiger partial charge in [-0.15, -0.1) is 0 Å². The van der Waals surface area contributed by atoms with E-state index < -0.39 is 21.6 Å². The minimum absolute atomic E-state index is 0.0252. The molecule has 1 N–H and O–H groups in total. The average molecular weight is 488 g/mol. The lowest BCUT2D eigenvalue weighted by molar-refractivity contribution is -0.122. The van der Waals surface area contributed by atoms with Crippen LogP contribution < -0.4 is 15.1 Å². The molecule has 2 saturated heterocycles. The van der Waals surface area contributed by atoms with Crippen LogP contribution in [0.5, 0.6) is 0 Å². The molecule has 4 rings (SSSR count). The molecule has 1 atom stereocenters. The van der Waals surface area contributed by atoms with Gasteiger partial charge in [-0.1, -0.05) is 25.5 Å². The number of carbonyl (C=O) groups is 2. The second-order valence-electron chi connectivity index (χ2n) is 8.97. The monoisotopic (exact) mass is 487 g/mol. The van der Waals surface area contributed by atoms with Gasteiger partial charge in [0.05, 0.1) is 23.1 Å². The minimum Gasteiger partial charge on any atom is -0.367 e. The van der Waals surface area contributed by atoms with E-state index in [0.29, 0.717) is 5.69 Å². The van der Waals surface area contributed by atoms with Gasteiger partial charge in [-0.2, -0.15) is 0 Å². The topological polar surface area (TPSA) is 86.8 Å². The van der Waals surface area contributed by atoms with Gasteiger partial charge >= 0.3 is 0 Å². The molecule has 2 aromatic carbocycles. The summed E-state index contributed by atoms with van der Waals surface area (Å²) >= 11 is 0. The van der Waals surface area contributed by atoms with E-state index >= 15 is 0 Å². The highest BCUT2D eigenvalue weighted by Gasteiger charge is 2.35. The summed E-state index contributed by atoms with van der Waals surface area (Å²) in [6, 6.07) is 12.2. The van der Waals surface area contributed by atoms with Crippen LogP contribution in [0.4, 0.5) is 21.5 Å². The molecule has 0 bridgehead atoms. The van der Waals surface area contributed by atoms with Crippen molar-refractivity contribution in [2.75, 3.05) is 46.3 Å². The van der Waals surface area contributed by atoms with Gasteiger partial charge in [-0.3, -0.25) is 9.59 Å². The number of sulfone groups is 1. The zero-order chi connectivity index (χ0) is 24.3. The van der Waals surface area contributed by atoms with Gasteiger partial charge in [0.2, 0.25) is 11.8 Å². The van der Waals surface area contributed by atoms with Gasteiger partial charge in [0, 0.05) is 37.4 Å². The molecule has 182 valence electrons. The van der Waals surface area contributed by atoms with Crippen LogP contribution >= 0.6 is 0 Å². The molecule has 2 heterocycles. The van der Waals surface area contributed by atoms with Gasteiger partial charge in [0.25, 0.3) is 0 Å². The molecule has 7 nitrogen and oxygen atoms in total. The summed E-state index contributed by atoms with van der Waals surface area (Å²) in [7, 11) is -3.09. The Hall–Kier alpha value is -2.94. The van der Waals surface area contributed by atoms with Crippen molar-refractivity contribution >= 4 is 38.7 Å². The number of nitrogens with zero attached hydrogens (tertiary/aromatic N) is 2. The van der Waals surface area contributed by atoms with Crippen molar-refractivity contribution in [2.24, 2.45) is 5.92 Å². The lowest BCUT2D eigenvalue weighted by Crippen LogP contribution is -2.40. The summed E-state index contributed by atoms with van der Waals surface area (Å²) in [6.45, 7) is 2.85. The van der Waals surface area contributed by atoms with Crippen LogP contribution in [0.25, 0.3) is 0 Å². The molecule has 0 saturated carbocycles. The van der Waals surface area contributed by atoms with Crippen LogP contribution in [0.3, 0.4) is 0 Å². The van der Waals surface area contributed by atoms with E-state index in [0.717, 1.165) is 24.9 Å². The maximum absolute atomic E-state index is 14.4. The van der Waals surface area contributed by atoms with Gasteiger partial charge in [0.15, 0.2) is 9.84 Å². The SMILES string of the molecule is CCCCc1ccc(N2C[C@@H](C(=O)Nc3ccc(F)c(N4CCS(=O)(=O)CC4)c3)CC2=O)cc1. The number of hydrogen-bond donors (Lipinski definition) is 1. The van der Waals surface area contributed by atoms with E-state index in [4.69, 9.17) is 0 Å². The average Bonchev–Trinajstić information content (AvgIpc) is 3.21. The number of anilines is 3. The number of halogens is 1. The molecule has 0 aliphatic carbocycles. The number of hydrogen-bond acceptors (Lipinski definition) is 5. The summed E-state index contributed by atoms with van der Waals surface area (Å²) < 4.78 is 37.8. The fraction of sp³-hybridized carbons (Fsp3) is 0.440. The molecule has 2 aliphatic rings. The van der Waals surface area contributed by atoms with Crippen molar-refractivity contribution in [2.45, 2.75) is 32.6 Å². The largest absolute Gasteiger partial charge is 0.367 e. The van der Waals surface area contributed by atoms with E-state index in [1.165, 1.54) is 23.8 Å². The van der Waals surface area contributed by atoms with Crippen LogP contribution in [0.1, 0.15) is 31.7 Å². The number of aryl methyl sites for hydroxylation is 1. The first-order valence-electron chi connectivity index (χ1n) is 11.7. The number of nitrogens with one attached hydrogen (secondary N) is 1. The Kier molecular flexibility index (Phi) is 7.21. The highest BCUT2D eigenvalue weighted by Crippen LogP contribution is 2.29. The predicted molar refractivity (Wildman–Crippen MR) is 131 cm³/mol. The van der Waals surface area contributed by atoms with Gasteiger partial charge in [0.1, 0.15) is 5.82 Å². The van der Waals surface area contributed by atoms with Crippen molar-refractivity contribution in [3.63, 3.8) is 0 Å². The number of rotatable bonds is 7. The quantitative estimate of drug-likeness (QED) is 0.647. The summed E-state index contributed by atoms with van der Waals surface area (Å²) in [5.74, 6) is -1.43. The Morgan fingerprint density at radius 1 is 1.12 bits per heavy atom. The fourth-order valence-corrected chi connectivity index (χ4v) is 5.59. The first kappa shape index (κ1) is 24.2. The number of amides is 2. The Morgan fingerprint density at radius 3 is 2.50 bits per heavy atom. The third-order valence-corrected chi connectivity index (χ3v) is 8.07. The van der Waals surface area contributed by atoms with Crippen molar-refractivity contribution in [3.05, 3.63) is 53.8 Å². The lowest BCUT2D eigenvalue weighted by atomic mass is 10.1. The standard InChI is InChI=1S/C25H30FN3O4S/c1-2-3-4-18-5-8-21(9-6-18)29-17-19(15-24(29)30)25(31)27-20-7-10-22(26)23(16-20)28-11-13-34(32,33)14-12-28/h5-10,16,19H,2-4,11-15,17H2,1H3,(H,27,31)/t19-/m0/s1. The van der Waals surface area contributed by atoms with Crippen molar-refractivity contribution in [1.29, 1.82) is 0 Å². The molecule has 2 fully saturated rings. The van der Waals surface area contributed by atoms with Crippen LogP contribution in [0.2, 0.25) is 0 Å². The maximum atomic E-state index is 14.4. The Balaban J connectivity index is 1.40. The van der Waals surface area contributed by atoms with E-state index in [1.54, 1.807) is 9.80 Å². The van der Waals surface area contributed by atoms with Crippen molar-refractivity contribution in [3.8, 4) is 0 Å². The van der Waals surface area contributed by atoms with Crippen LogP contribution in [-0.4, -0.2) is 51.4 Å². The van der Waals surface area contributed by atoms with E-state index in [-0.39, 0.29) is 55.1 Å². The Morgan fingerprint density at radius 2 is 1.82 bits per heavy atom. The van der Waals surface area contributed by atoms with Crippen LogP contribution in [0.15, 0.2) is 42.5 Å². The lowest BCUT2D eigenvalue weighted by Gasteiger charge is -2.29. The Labute approximate surface area is 199 Å². The summed E-state index contributed by atoms with van der Waals surface area (Å²) in [5, 5.41) is 2.80.